The summed E-state index contributed by atoms with van der Waals surface area (Å²) in [5.41, 5.74) is 7.61. The van der Waals surface area contributed by atoms with Crippen LogP contribution in [0.15, 0.2) is 18.2 Å². The second kappa shape index (κ2) is 3.83. The van der Waals surface area contributed by atoms with Gasteiger partial charge in [-0.3, -0.25) is 0 Å². The minimum atomic E-state index is 0.0356. The van der Waals surface area contributed by atoms with Crippen molar-refractivity contribution in [3.63, 3.8) is 0 Å². The highest BCUT2D eigenvalue weighted by Gasteiger charge is 2.44. The smallest absolute Gasteiger partial charge is 0.124 e. The first-order valence-electron chi connectivity index (χ1n) is 5.24. The molecule has 2 rings (SSSR count). The van der Waals surface area contributed by atoms with Crippen LogP contribution in [0.1, 0.15) is 24.0 Å². The third-order valence-corrected chi connectivity index (χ3v) is 3.24. The van der Waals surface area contributed by atoms with Gasteiger partial charge in [-0.05, 0) is 12.8 Å². The highest BCUT2D eigenvalue weighted by atomic mass is 16.5. The first-order valence-corrected chi connectivity index (χ1v) is 5.24. The molecule has 0 heterocycles. The Kier molecular flexibility index (Phi) is 2.67. The van der Waals surface area contributed by atoms with E-state index in [2.05, 4.69) is 0 Å². The molecule has 0 saturated heterocycles. The molecule has 0 bridgehead atoms. The standard InChI is InChI=1S/C12H17NO2/c1-15-7-9-3-2-4-10(11(9)14)12(8-13)5-6-12/h2-4,14H,5-8,13H2,1H3. The van der Waals surface area contributed by atoms with E-state index in [1.807, 2.05) is 18.2 Å². The molecule has 1 aliphatic carbocycles. The zero-order valence-electron chi connectivity index (χ0n) is 8.99. The third kappa shape index (κ3) is 1.73. The summed E-state index contributed by atoms with van der Waals surface area (Å²) in [7, 11) is 1.63. The summed E-state index contributed by atoms with van der Waals surface area (Å²) in [5, 5.41) is 10.1. The number of para-hydroxylation sites is 1. The largest absolute Gasteiger partial charge is 0.507 e. The van der Waals surface area contributed by atoms with Crippen LogP contribution in [-0.4, -0.2) is 18.8 Å². The molecule has 3 nitrogen and oxygen atoms in total. The number of aromatic hydroxyl groups is 1. The molecule has 1 fully saturated rings. The monoisotopic (exact) mass is 207 g/mol. The molecule has 1 aromatic rings. The lowest BCUT2D eigenvalue weighted by atomic mass is 9.93. The van der Waals surface area contributed by atoms with Gasteiger partial charge in [0.25, 0.3) is 0 Å². The molecule has 0 atom stereocenters. The number of nitrogens with two attached hydrogens (primary N) is 1. The van der Waals surface area contributed by atoms with Crippen LogP contribution in [0.5, 0.6) is 5.75 Å². The van der Waals surface area contributed by atoms with Crippen LogP contribution >= 0.6 is 0 Å². The van der Waals surface area contributed by atoms with Crippen molar-refractivity contribution < 1.29 is 9.84 Å². The number of ether oxygens (including phenoxy) is 1. The van der Waals surface area contributed by atoms with Gasteiger partial charge in [0.2, 0.25) is 0 Å². The topological polar surface area (TPSA) is 55.5 Å². The van der Waals surface area contributed by atoms with E-state index in [1.165, 1.54) is 0 Å². The van der Waals surface area contributed by atoms with Crippen LogP contribution in [0.2, 0.25) is 0 Å². The Balaban J connectivity index is 2.36. The number of methoxy groups -OCH3 is 1. The summed E-state index contributed by atoms with van der Waals surface area (Å²) in [6.07, 6.45) is 2.15. The average Bonchev–Trinajstić information content (AvgIpc) is 3.02. The maximum atomic E-state index is 10.1. The van der Waals surface area contributed by atoms with Gasteiger partial charge in [0.1, 0.15) is 5.75 Å². The van der Waals surface area contributed by atoms with E-state index in [0.29, 0.717) is 18.9 Å². The number of phenolic OH excluding ortho intramolecular Hbond substituents is 1. The molecule has 1 saturated carbocycles. The number of phenols is 1. The molecule has 0 radical (unpaired) electrons. The molecule has 1 aromatic carbocycles. The lowest BCUT2D eigenvalue weighted by molar-refractivity contribution is 0.181. The lowest BCUT2D eigenvalue weighted by Gasteiger charge is -2.16. The van der Waals surface area contributed by atoms with Crippen LogP contribution in [0, 0.1) is 0 Å². The van der Waals surface area contributed by atoms with Crippen LogP contribution < -0.4 is 5.73 Å². The highest BCUT2D eigenvalue weighted by Crippen LogP contribution is 2.50. The Morgan fingerprint density at radius 2 is 2.20 bits per heavy atom. The van der Waals surface area contributed by atoms with Gasteiger partial charge in [-0.1, -0.05) is 18.2 Å². The van der Waals surface area contributed by atoms with Crippen LogP contribution in [0.25, 0.3) is 0 Å². The first kappa shape index (κ1) is 10.5. The van der Waals surface area contributed by atoms with Crippen molar-refractivity contribution >= 4 is 0 Å². The molecule has 0 unspecified atom stereocenters. The number of benzene rings is 1. The van der Waals surface area contributed by atoms with E-state index in [9.17, 15) is 5.11 Å². The average molecular weight is 207 g/mol. The maximum absolute atomic E-state index is 10.1. The van der Waals surface area contributed by atoms with Gasteiger partial charge in [0.15, 0.2) is 0 Å². The van der Waals surface area contributed by atoms with Crippen LogP contribution in [0.3, 0.4) is 0 Å². The summed E-state index contributed by atoms with van der Waals surface area (Å²) >= 11 is 0. The van der Waals surface area contributed by atoms with Gasteiger partial charge in [0.05, 0.1) is 6.61 Å². The fraction of sp³-hybridized carbons (Fsp3) is 0.500. The molecule has 0 spiro atoms. The van der Waals surface area contributed by atoms with Crippen LogP contribution in [0.4, 0.5) is 0 Å². The molecule has 0 aliphatic heterocycles. The zero-order chi connectivity index (χ0) is 10.9. The van der Waals surface area contributed by atoms with E-state index in [1.54, 1.807) is 7.11 Å². The van der Waals surface area contributed by atoms with Gasteiger partial charge < -0.3 is 15.6 Å². The van der Waals surface area contributed by atoms with E-state index in [4.69, 9.17) is 10.5 Å². The maximum Gasteiger partial charge on any atom is 0.124 e. The third-order valence-electron chi connectivity index (χ3n) is 3.24. The fourth-order valence-electron chi connectivity index (χ4n) is 2.03. The Bertz CT molecular complexity index is 359. The lowest BCUT2D eigenvalue weighted by Crippen LogP contribution is -2.20. The highest BCUT2D eigenvalue weighted by molar-refractivity contribution is 5.47. The van der Waals surface area contributed by atoms with Gasteiger partial charge in [-0.2, -0.15) is 0 Å². The Morgan fingerprint density at radius 3 is 2.73 bits per heavy atom. The minimum Gasteiger partial charge on any atom is -0.507 e. The van der Waals surface area contributed by atoms with Gasteiger partial charge >= 0.3 is 0 Å². The Hall–Kier alpha value is -1.06. The molecule has 1 aliphatic rings. The Labute approximate surface area is 89.9 Å². The van der Waals surface area contributed by atoms with Crippen molar-refractivity contribution in [2.24, 2.45) is 5.73 Å². The second-order valence-electron chi connectivity index (χ2n) is 4.23. The molecule has 15 heavy (non-hydrogen) atoms. The Morgan fingerprint density at radius 1 is 1.47 bits per heavy atom. The normalized spacial score (nSPS) is 17.7. The summed E-state index contributed by atoms with van der Waals surface area (Å²) < 4.78 is 5.04. The van der Waals surface area contributed by atoms with Gasteiger partial charge in [0, 0.05) is 30.2 Å². The van der Waals surface area contributed by atoms with Crippen molar-refractivity contribution in [1.29, 1.82) is 0 Å². The summed E-state index contributed by atoms with van der Waals surface area (Å²) in [4.78, 5) is 0. The molecule has 3 heteroatoms. The number of hydrogen-bond acceptors (Lipinski definition) is 3. The number of rotatable bonds is 4. The minimum absolute atomic E-state index is 0.0356. The van der Waals surface area contributed by atoms with Gasteiger partial charge in [-0.25, -0.2) is 0 Å². The second-order valence-corrected chi connectivity index (χ2v) is 4.23. The van der Waals surface area contributed by atoms with E-state index in [-0.39, 0.29) is 5.41 Å². The molecular weight excluding hydrogens is 190 g/mol. The summed E-state index contributed by atoms with van der Waals surface area (Å²) in [5.74, 6) is 0.363. The molecule has 82 valence electrons. The summed E-state index contributed by atoms with van der Waals surface area (Å²) in [6, 6.07) is 5.81. The van der Waals surface area contributed by atoms with Crippen LogP contribution in [-0.2, 0) is 16.8 Å². The first-order chi connectivity index (χ1) is 7.23. The van der Waals surface area contributed by atoms with Crippen molar-refractivity contribution in [2.75, 3.05) is 13.7 Å². The molecule has 3 N–H and O–H groups in total. The predicted octanol–water partition coefficient (Wildman–Crippen LogP) is 1.53. The van der Waals surface area contributed by atoms with Gasteiger partial charge in [-0.15, -0.1) is 0 Å². The van der Waals surface area contributed by atoms with Crippen molar-refractivity contribution in [3.05, 3.63) is 29.3 Å². The fourth-order valence-corrected chi connectivity index (χ4v) is 2.03. The van der Waals surface area contributed by atoms with Crippen molar-refractivity contribution in [1.82, 2.24) is 0 Å². The van der Waals surface area contributed by atoms with E-state index >= 15 is 0 Å². The summed E-state index contributed by atoms with van der Waals surface area (Å²) in [6.45, 7) is 1.05. The molecule has 0 aromatic heterocycles. The quantitative estimate of drug-likeness (QED) is 0.787. The SMILES string of the molecule is COCc1cccc(C2(CN)CC2)c1O. The molecular formula is C12H17NO2. The van der Waals surface area contributed by atoms with E-state index in [0.717, 1.165) is 24.0 Å². The van der Waals surface area contributed by atoms with Crippen molar-refractivity contribution in [3.8, 4) is 5.75 Å². The predicted molar refractivity (Wildman–Crippen MR) is 58.8 cm³/mol. The van der Waals surface area contributed by atoms with E-state index < -0.39 is 0 Å². The number of hydrogen-bond donors (Lipinski definition) is 2. The zero-order valence-corrected chi connectivity index (χ0v) is 8.99. The van der Waals surface area contributed by atoms with Crippen molar-refractivity contribution in [2.45, 2.75) is 24.9 Å². The molecule has 0 amide bonds.